The van der Waals surface area contributed by atoms with Crippen LogP contribution in [0.15, 0.2) is 18.2 Å². The minimum Gasteiger partial charge on any atom is -0.387 e. The Morgan fingerprint density at radius 2 is 2.30 bits per heavy atom. The summed E-state index contributed by atoms with van der Waals surface area (Å²) < 4.78 is 0. The first kappa shape index (κ1) is 15.4. The standard InChI is InChI=1S/C17H22ClNO/c1-3-13-5-4-8-17(10-13,11-19)16(20)14-7-6-12(2)15(18)9-14/h6-7,9,13,16,20H,3-5,8,10H2,1-2H3. The van der Waals surface area contributed by atoms with Crippen LogP contribution < -0.4 is 0 Å². The smallest absolute Gasteiger partial charge is 0.0976 e. The molecule has 1 aliphatic rings. The first-order chi connectivity index (χ1) is 9.52. The van der Waals surface area contributed by atoms with Gasteiger partial charge < -0.3 is 5.11 Å². The number of benzene rings is 1. The van der Waals surface area contributed by atoms with E-state index >= 15 is 0 Å². The van der Waals surface area contributed by atoms with E-state index in [2.05, 4.69) is 13.0 Å². The summed E-state index contributed by atoms with van der Waals surface area (Å²) in [4.78, 5) is 0. The third-order valence-electron chi connectivity index (χ3n) is 4.72. The van der Waals surface area contributed by atoms with Gasteiger partial charge in [-0.3, -0.25) is 0 Å². The van der Waals surface area contributed by atoms with E-state index in [1.165, 1.54) is 6.42 Å². The van der Waals surface area contributed by atoms with Gasteiger partial charge in [-0.05, 0) is 42.9 Å². The van der Waals surface area contributed by atoms with Gasteiger partial charge in [0, 0.05) is 5.02 Å². The number of nitrogens with zero attached hydrogens (tertiary/aromatic N) is 1. The fourth-order valence-electron chi connectivity index (χ4n) is 3.28. The van der Waals surface area contributed by atoms with Gasteiger partial charge in [-0.25, -0.2) is 0 Å². The van der Waals surface area contributed by atoms with Crippen molar-refractivity contribution in [1.82, 2.24) is 0 Å². The van der Waals surface area contributed by atoms with E-state index in [9.17, 15) is 10.4 Å². The topological polar surface area (TPSA) is 44.0 Å². The van der Waals surface area contributed by atoms with E-state index in [1.54, 1.807) is 6.07 Å². The van der Waals surface area contributed by atoms with Crippen molar-refractivity contribution in [3.05, 3.63) is 34.3 Å². The van der Waals surface area contributed by atoms with Crippen molar-refractivity contribution in [3.8, 4) is 6.07 Å². The molecule has 1 aromatic rings. The first-order valence-corrected chi connectivity index (χ1v) is 7.75. The molecule has 2 nitrogen and oxygen atoms in total. The number of rotatable bonds is 3. The van der Waals surface area contributed by atoms with Crippen molar-refractivity contribution >= 4 is 11.6 Å². The van der Waals surface area contributed by atoms with Crippen LogP contribution in [0.5, 0.6) is 0 Å². The van der Waals surface area contributed by atoms with Crippen LogP contribution in [0.1, 0.15) is 56.3 Å². The molecule has 1 fully saturated rings. The van der Waals surface area contributed by atoms with E-state index in [-0.39, 0.29) is 0 Å². The second-order valence-corrected chi connectivity index (χ2v) is 6.46. The summed E-state index contributed by atoms with van der Waals surface area (Å²) in [5, 5.41) is 21.1. The molecule has 0 spiro atoms. The molecule has 20 heavy (non-hydrogen) atoms. The molecule has 0 amide bonds. The Bertz CT molecular complexity index is 522. The van der Waals surface area contributed by atoms with Crippen LogP contribution in [-0.4, -0.2) is 5.11 Å². The van der Waals surface area contributed by atoms with Crippen molar-refractivity contribution in [2.45, 2.75) is 52.1 Å². The third-order valence-corrected chi connectivity index (χ3v) is 5.13. The molecule has 3 unspecified atom stereocenters. The van der Waals surface area contributed by atoms with E-state index in [0.29, 0.717) is 10.9 Å². The highest BCUT2D eigenvalue weighted by Gasteiger charge is 2.43. The molecule has 3 atom stereocenters. The molecule has 2 rings (SSSR count). The summed E-state index contributed by atoms with van der Waals surface area (Å²) in [7, 11) is 0. The van der Waals surface area contributed by atoms with Crippen molar-refractivity contribution in [1.29, 1.82) is 5.26 Å². The minimum absolute atomic E-state index is 0.541. The van der Waals surface area contributed by atoms with Gasteiger partial charge in [-0.1, -0.05) is 49.9 Å². The van der Waals surface area contributed by atoms with Crippen LogP contribution in [0.2, 0.25) is 5.02 Å². The zero-order valence-corrected chi connectivity index (χ0v) is 13.0. The molecular formula is C17H22ClNO. The van der Waals surface area contributed by atoms with Crippen LogP contribution in [0, 0.1) is 29.6 Å². The Kier molecular flexibility index (Phi) is 4.73. The van der Waals surface area contributed by atoms with Crippen LogP contribution in [-0.2, 0) is 0 Å². The van der Waals surface area contributed by atoms with Crippen molar-refractivity contribution in [2.75, 3.05) is 0 Å². The lowest BCUT2D eigenvalue weighted by molar-refractivity contribution is 0.0185. The molecule has 0 radical (unpaired) electrons. The summed E-state index contributed by atoms with van der Waals surface area (Å²) in [6.45, 7) is 4.10. The van der Waals surface area contributed by atoms with Crippen LogP contribution in [0.4, 0.5) is 0 Å². The normalized spacial score (nSPS) is 27.9. The lowest BCUT2D eigenvalue weighted by Gasteiger charge is -2.39. The molecule has 1 N–H and O–H groups in total. The highest BCUT2D eigenvalue weighted by Crippen LogP contribution is 2.48. The maximum absolute atomic E-state index is 10.7. The van der Waals surface area contributed by atoms with E-state index in [4.69, 9.17) is 11.6 Å². The Balaban J connectivity index is 2.30. The number of aliphatic hydroxyl groups excluding tert-OH is 1. The summed E-state index contributed by atoms with van der Waals surface area (Å²) in [5.41, 5.74) is 1.10. The quantitative estimate of drug-likeness (QED) is 0.870. The van der Waals surface area contributed by atoms with Gasteiger partial charge in [0.05, 0.1) is 17.6 Å². The van der Waals surface area contributed by atoms with Gasteiger partial charge in [-0.15, -0.1) is 0 Å². The Labute approximate surface area is 126 Å². The lowest BCUT2D eigenvalue weighted by atomic mass is 9.65. The minimum atomic E-state index is -0.750. The maximum atomic E-state index is 10.7. The number of aliphatic hydroxyl groups is 1. The highest BCUT2D eigenvalue weighted by molar-refractivity contribution is 6.31. The second kappa shape index (κ2) is 6.16. The molecule has 108 valence electrons. The van der Waals surface area contributed by atoms with Gasteiger partial charge >= 0.3 is 0 Å². The van der Waals surface area contributed by atoms with Gasteiger partial charge in [0.15, 0.2) is 0 Å². The first-order valence-electron chi connectivity index (χ1n) is 7.38. The number of aryl methyl sites for hydroxylation is 1. The molecule has 3 heteroatoms. The maximum Gasteiger partial charge on any atom is 0.0976 e. The average molecular weight is 292 g/mol. The summed E-state index contributed by atoms with van der Waals surface area (Å²) in [5.74, 6) is 0.541. The number of nitriles is 1. The van der Waals surface area contributed by atoms with Gasteiger partial charge in [-0.2, -0.15) is 5.26 Å². The number of hydrogen-bond acceptors (Lipinski definition) is 2. The summed E-state index contributed by atoms with van der Waals surface area (Å²) in [6.07, 6.45) is 4.06. The Morgan fingerprint density at radius 3 is 2.90 bits per heavy atom. The van der Waals surface area contributed by atoms with Crippen LogP contribution >= 0.6 is 11.6 Å². The third kappa shape index (κ3) is 2.85. The van der Waals surface area contributed by atoms with Crippen molar-refractivity contribution < 1.29 is 5.11 Å². The molecule has 0 bridgehead atoms. The van der Waals surface area contributed by atoms with E-state index in [0.717, 1.165) is 36.8 Å². The predicted octanol–water partition coefficient (Wildman–Crippen LogP) is 4.79. The average Bonchev–Trinajstić information content (AvgIpc) is 2.49. The number of halogens is 1. The monoisotopic (exact) mass is 291 g/mol. The number of hydrogen-bond donors (Lipinski definition) is 1. The van der Waals surface area contributed by atoms with E-state index < -0.39 is 11.5 Å². The zero-order chi connectivity index (χ0) is 14.8. The zero-order valence-electron chi connectivity index (χ0n) is 12.2. The second-order valence-electron chi connectivity index (χ2n) is 6.05. The Hall–Kier alpha value is -1.04. The molecule has 0 aliphatic heterocycles. The molecule has 1 aliphatic carbocycles. The van der Waals surface area contributed by atoms with Crippen molar-refractivity contribution in [2.24, 2.45) is 11.3 Å². The van der Waals surface area contributed by atoms with Gasteiger partial charge in [0.1, 0.15) is 0 Å². The molecule has 0 saturated heterocycles. The molecule has 1 aromatic carbocycles. The molecular weight excluding hydrogens is 270 g/mol. The van der Waals surface area contributed by atoms with Crippen LogP contribution in [0.25, 0.3) is 0 Å². The molecule has 0 heterocycles. The van der Waals surface area contributed by atoms with Gasteiger partial charge in [0.25, 0.3) is 0 Å². The lowest BCUT2D eigenvalue weighted by Crippen LogP contribution is -2.33. The summed E-state index contributed by atoms with van der Waals surface area (Å²) >= 11 is 6.15. The van der Waals surface area contributed by atoms with Crippen molar-refractivity contribution in [3.63, 3.8) is 0 Å². The Morgan fingerprint density at radius 1 is 1.55 bits per heavy atom. The predicted molar refractivity (Wildman–Crippen MR) is 81.4 cm³/mol. The van der Waals surface area contributed by atoms with E-state index in [1.807, 2.05) is 19.1 Å². The highest BCUT2D eigenvalue weighted by atomic mass is 35.5. The summed E-state index contributed by atoms with van der Waals surface area (Å²) in [6, 6.07) is 8.02. The fraction of sp³-hybridized carbons (Fsp3) is 0.588. The molecule has 1 saturated carbocycles. The SMILES string of the molecule is CCC1CCCC(C#N)(C(O)c2ccc(C)c(Cl)c2)C1. The van der Waals surface area contributed by atoms with Crippen LogP contribution in [0.3, 0.4) is 0 Å². The largest absolute Gasteiger partial charge is 0.387 e. The van der Waals surface area contributed by atoms with Gasteiger partial charge in [0.2, 0.25) is 0 Å². The fourth-order valence-corrected chi connectivity index (χ4v) is 3.47. The molecule has 0 aromatic heterocycles.